The Morgan fingerprint density at radius 3 is 1.86 bits per heavy atom. The maximum absolute atomic E-state index is 13.7. The fourth-order valence-electron chi connectivity index (χ4n) is 5.44. The number of carbonyl (C=O) groups is 1. The number of hydrogen-bond acceptors (Lipinski definition) is 2. The van der Waals surface area contributed by atoms with Gasteiger partial charge in [-0.3, -0.25) is 0 Å². The smallest absolute Gasteiger partial charge is 0.322 e. The Labute approximate surface area is 217 Å². The highest BCUT2D eigenvalue weighted by Crippen LogP contribution is 2.28. The van der Waals surface area contributed by atoms with Gasteiger partial charge in [-0.2, -0.15) is 0 Å². The average molecular weight is 484 g/mol. The summed E-state index contributed by atoms with van der Waals surface area (Å²) in [5, 5.41) is 3.28. The first-order valence-electron chi connectivity index (χ1n) is 13.3. The van der Waals surface area contributed by atoms with Gasteiger partial charge >= 0.3 is 6.03 Å². The predicted octanol–water partition coefficient (Wildman–Crippen LogP) is 8.10. The fraction of sp³-hybridized carbons (Fsp3) is 0.406. The van der Waals surface area contributed by atoms with Gasteiger partial charge < -0.3 is 15.1 Å². The van der Waals surface area contributed by atoms with Crippen LogP contribution in [0.4, 0.5) is 16.2 Å². The minimum atomic E-state index is 0.0142. The van der Waals surface area contributed by atoms with Crippen LogP contribution >= 0.6 is 0 Å². The first-order valence-corrected chi connectivity index (χ1v) is 13.3. The topological polar surface area (TPSA) is 35.6 Å². The highest BCUT2D eigenvalue weighted by Gasteiger charge is 2.25. The molecule has 2 amide bonds. The van der Waals surface area contributed by atoms with Gasteiger partial charge in [0.1, 0.15) is 0 Å². The zero-order chi connectivity index (χ0) is 25.7. The van der Waals surface area contributed by atoms with E-state index >= 15 is 0 Å². The molecule has 190 valence electrons. The second-order valence-electron chi connectivity index (χ2n) is 10.6. The maximum Gasteiger partial charge on any atom is 0.322 e. The second-order valence-corrected chi connectivity index (χ2v) is 10.6. The van der Waals surface area contributed by atoms with E-state index in [1.54, 1.807) is 0 Å². The molecule has 4 rings (SSSR count). The largest absolute Gasteiger partial charge is 0.378 e. The zero-order valence-corrected chi connectivity index (χ0v) is 22.6. The summed E-state index contributed by atoms with van der Waals surface area (Å²) in [5.41, 5.74) is 9.16. The van der Waals surface area contributed by atoms with Crippen molar-refractivity contribution in [2.45, 2.75) is 71.9 Å². The highest BCUT2D eigenvalue weighted by atomic mass is 16.2. The van der Waals surface area contributed by atoms with E-state index < -0.39 is 0 Å². The molecule has 4 heteroatoms. The number of nitrogens with one attached hydrogen (secondary N) is 1. The Bertz CT molecular complexity index is 1130. The van der Waals surface area contributed by atoms with Crippen molar-refractivity contribution >= 4 is 17.4 Å². The van der Waals surface area contributed by atoms with E-state index in [1.807, 2.05) is 0 Å². The molecule has 0 aliphatic heterocycles. The number of nitrogens with zero attached hydrogens (tertiary/aromatic N) is 2. The first kappa shape index (κ1) is 25.8. The van der Waals surface area contributed by atoms with Gasteiger partial charge in [0.05, 0.1) is 0 Å². The molecule has 3 aromatic carbocycles. The number of carbonyl (C=O) groups excluding carboxylic acids is 1. The Kier molecular flexibility index (Phi) is 8.35. The van der Waals surface area contributed by atoms with Crippen LogP contribution < -0.4 is 10.2 Å². The van der Waals surface area contributed by atoms with E-state index in [0.717, 1.165) is 29.7 Å². The molecule has 1 saturated carbocycles. The Morgan fingerprint density at radius 1 is 0.806 bits per heavy atom. The summed E-state index contributed by atoms with van der Waals surface area (Å²) in [7, 11) is 4.11. The lowest BCUT2D eigenvalue weighted by molar-refractivity contribution is 0.175. The van der Waals surface area contributed by atoms with Crippen molar-refractivity contribution in [2.75, 3.05) is 24.3 Å². The van der Waals surface area contributed by atoms with Crippen molar-refractivity contribution in [3.8, 4) is 11.1 Å². The van der Waals surface area contributed by atoms with Crippen molar-refractivity contribution in [2.24, 2.45) is 0 Å². The number of urea groups is 1. The minimum absolute atomic E-state index is 0.0142. The summed E-state index contributed by atoms with van der Waals surface area (Å²) in [5.74, 6) is 0. The molecule has 0 radical (unpaired) electrons. The van der Waals surface area contributed by atoms with Crippen molar-refractivity contribution < 1.29 is 4.79 Å². The molecule has 1 fully saturated rings. The van der Waals surface area contributed by atoms with E-state index in [-0.39, 0.29) is 12.1 Å². The third-order valence-corrected chi connectivity index (χ3v) is 7.46. The summed E-state index contributed by atoms with van der Waals surface area (Å²) in [6.07, 6.45) is 7.08. The standard InChI is InChI=1S/C32H41N3O/c1-23-20-24(2)31(25(3)21-23)33-32(36)35(30-10-8-6-7-9-11-30)22-26-12-14-27(15-13-26)28-16-18-29(19-17-28)34(4)5/h12-21,30H,6-11,22H2,1-5H3,(H,33,36). The van der Waals surface area contributed by atoms with Crippen molar-refractivity contribution in [3.63, 3.8) is 0 Å². The molecule has 3 aromatic rings. The molecule has 0 aromatic heterocycles. The third kappa shape index (κ3) is 6.29. The van der Waals surface area contributed by atoms with Gasteiger partial charge in [-0.1, -0.05) is 79.8 Å². The molecule has 0 bridgehead atoms. The van der Waals surface area contributed by atoms with E-state index in [1.165, 1.54) is 53.6 Å². The Hall–Kier alpha value is -3.27. The molecule has 0 heterocycles. The maximum atomic E-state index is 13.7. The van der Waals surface area contributed by atoms with E-state index in [0.29, 0.717) is 6.54 Å². The number of hydrogen-bond donors (Lipinski definition) is 1. The molecule has 4 nitrogen and oxygen atoms in total. The SMILES string of the molecule is Cc1cc(C)c(NC(=O)N(Cc2ccc(-c3ccc(N(C)C)cc3)cc2)C2CCCCCC2)c(C)c1. The lowest BCUT2D eigenvalue weighted by atomic mass is 10.0. The molecular weight excluding hydrogens is 442 g/mol. The molecule has 1 aliphatic carbocycles. The summed E-state index contributed by atoms with van der Waals surface area (Å²) in [4.78, 5) is 17.9. The highest BCUT2D eigenvalue weighted by molar-refractivity contribution is 5.91. The third-order valence-electron chi connectivity index (χ3n) is 7.46. The lowest BCUT2D eigenvalue weighted by Crippen LogP contribution is -2.42. The van der Waals surface area contributed by atoms with Crippen LogP contribution in [0.1, 0.15) is 60.8 Å². The van der Waals surface area contributed by atoms with E-state index in [9.17, 15) is 4.79 Å². The fourth-order valence-corrected chi connectivity index (χ4v) is 5.44. The normalized spacial score (nSPS) is 14.2. The Morgan fingerprint density at radius 2 is 1.33 bits per heavy atom. The second kappa shape index (κ2) is 11.6. The lowest BCUT2D eigenvalue weighted by Gasteiger charge is -2.32. The van der Waals surface area contributed by atoms with Gasteiger partial charge in [0.25, 0.3) is 0 Å². The summed E-state index contributed by atoms with van der Waals surface area (Å²) < 4.78 is 0. The zero-order valence-electron chi connectivity index (χ0n) is 22.6. The molecule has 1 aliphatic rings. The number of aryl methyl sites for hydroxylation is 3. The van der Waals surface area contributed by atoms with Gasteiger partial charge in [-0.05, 0) is 73.6 Å². The number of amides is 2. The first-order chi connectivity index (χ1) is 17.3. The minimum Gasteiger partial charge on any atom is -0.378 e. The monoisotopic (exact) mass is 483 g/mol. The molecule has 36 heavy (non-hydrogen) atoms. The van der Waals surface area contributed by atoms with Gasteiger partial charge in [-0.15, -0.1) is 0 Å². The van der Waals surface area contributed by atoms with Crippen LogP contribution in [-0.4, -0.2) is 31.1 Å². The van der Waals surface area contributed by atoms with E-state index in [4.69, 9.17) is 0 Å². The van der Waals surface area contributed by atoms with Crippen LogP contribution in [0.15, 0.2) is 60.7 Å². The molecule has 0 atom stereocenters. The van der Waals surface area contributed by atoms with Crippen LogP contribution in [0.25, 0.3) is 11.1 Å². The van der Waals surface area contributed by atoms with Crippen molar-refractivity contribution in [3.05, 3.63) is 82.9 Å². The molecular formula is C32H41N3O. The van der Waals surface area contributed by atoms with E-state index in [2.05, 4.69) is 111 Å². The van der Waals surface area contributed by atoms with Gasteiger partial charge in [0.15, 0.2) is 0 Å². The van der Waals surface area contributed by atoms with Crippen molar-refractivity contribution in [1.29, 1.82) is 0 Å². The molecule has 1 N–H and O–H groups in total. The van der Waals surface area contributed by atoms with Crippen LogP contribution in [0.3, 0.4) is 0 Å². The summed E-state index contributed by atoms with van der Waals surface area (Å²) in [6, 6.07) is 21.9. The number of anilines is 2. The molecule has 0 spiro atoms. The van der Waals surface area contributed by atoms with Gasteiger partial charge in [0.2, 0.25) is 0 Å². The summed E-state index contributed by atoms with van der Waals surface area (Å²) >= 11 is 0. The quantitative estimate of drug-likeness (QED) is 0.360. The van der Waals surface area contributed by atoms with Crippen molar-refractivity contribution in [1.82, 2.24) is 4.90 Å². The van der Waals surface area contributed by atoms with Gasteiger partial charge in [0, 0.05) is 38.1 Å². The number of rotatable bonds is 6. The molecule has 0 saturated heterocycles. The predicted molar refractivity (Wildman–Crippen MR) is 153 cm³/mol. The van der Waals surface area contributed by atoms with Crippen LogP contribution in [-0.2, 0) is 6.54 Å². The van der Waals surface area contributed by atoms with Crippen LogP contribution in [0.2, 0.25) is 0 Å². The Balaban J connectivity index is 1.54. The van der Waals surface area contributed by atoms with Crippen LogP contribution in [0.5, 0.6) is 0 Å². The van der Waals surface area contributed by atoms with Crippen LogP contribution in [0, 0.1) is 20.8 Å². The van der Waals surface area contributed by atoms with Gasteiger partial charge in [-0.25, -0.2) is 4.79 Å². The molecule has 0 unspecified atom stereocenters. The summed E-state index contributed by atoms with van der Waals surface area (Å²) in [6.45, 7) is 6.88. The average Bonchev–Trinajstić information content (AvgIpc) is 3.14. The number of benzene rings is 3.